The smallest absolute Gasteiger partial charge is 0.232 e. The molecule has 1 unspecified atom stereocenters. The summed E-state index contributed by atoms with van der Waals surface area (Å²) in [6.07, 6.45) is 1.39. The van der Waals surface area contributed by atoms with Gasteiger partial charge in [-0.05, 0) is 12.5 Å². The van der Waals surface area contributed by atoms with Crippen LogP contribution in [0.25, 0.3) is 0 Å². The average molecular weight is 234 g/mol. The molecule has 1 rings (SSSR count). The van der Waals surface area contributed by atoms with Gasteiger partial charge in [-0.1, -0.05) is 0 Å². The van der Waals surface area contributed by atoms with Crippen molar-refractivity contribution < 1.29 is 23.4 Å². The van der Waals surface area contributed by atoms with Gasteiger partial charge in [0.05, 0.1) is 13.2 Å². The minimum Gasteiger partial charge on any atom is -0.395 e. The Morgan fingerprint density at radius 3 is 2.93 bits per heavy atom. The molecule has 0 aromatic carbocycles. The standard InChI is InChI=1S/C9H18O5Si/c1-10-7-12-8-14-15-4-2-3-11-5-9-6-13-9/h9H,2-8H2,1H3. The molecule has 2 radical (unpaired) electrons. The lowest BCUT2D eigenvalue weighted by atomic mass is 10.5. The van der Waals surface area contributed by atoms with E-state index in [2.05, 4.69) is 0 Å². The van der Waals surface area contributed by atoms with Gasteiger partial charge in [0.25, 0.3) is 0 Å². The molecule has 0 N–H and O–H groups in total. The van der Waals surface area contributed by atoms with Crippen LogP contribution in [0, 0.1) is 0 Å². The summed E-state index contributed by atoms with van der Waals surface area (Å²) in [6, 6.07) is 1.02. The van der Waals surface area contributed by atoms with E-state index in [9.17, 15) is 0 Å². The van der Waals surface area contributed by atoms with Crippen molar-refractivity contribution in [3.63, 3.8) is 0 Å². The molecule has 88 valence electrons. The third-order valence-electron chi connectivity index (χ3n) is 1.72. The second-order valence-corrected chi connectivity index (χ2v) is 4.23. The Bertz CT molecular complexity index is 142. The summed E-state index contributed by atoms with van der Waals surface area (Å²) < 4.78 is 25.3. The zero-order valence-electron chi connectivity index (χ0n) is 9.07. The number of ether oxygens (including phenoxy) is 4. The van der Waals surface area contributed by atoms with Crippen LogP contribution >= 0.6 is 0 Å². The predicted molar refractivity (Wildman–Crippen MR) is 54.7 cm³/mol. The number of rotatable bonds is 11. The van der Waals surface area contributed by atoms with Crippen molar-refractivity contribution >= 4 is 9.76 Å². The molecule has 15 heavy (non-hydrogen) atoms. The van der Waals surface area contributed by atoms with E-state index in [4.69, 9.17) is 23.4 Å². The molecular formula is C9H18O5Si. The molecule has 1 atom stereocenters. The van der Waals surface area contributed by atoms with Crippen LogP contribution in [0.4, 0.5) is 0 Å². The Kier molecular flexibility index (Phi) is 8.07. The van der Waals surface area contributed by atoms with E-state index < -0.39 is 0 Å². The van der Waals surface area contributed by atoms with Gasteiger partial charge in [0.1, 0.15) is 19.7 Å². The largest absolute Gasteiger partial charge is 0.395 e. The molecule has 0 aromatic rings. The molecule has 1 heterocycles. The number of epoxide rings is 1. The van der Waals surface area contributed by atoms with E-state index in [0.29, 0.717) is 22.7 Å². The van der Waals surface area contributed by atoms with Crippen LogP contribution in [0.2, 0.25) is 6.04 Å². The average Bonchev–Trinajstić information content (AvgIpc) is 3.05. The van der Waals surface area contributed by atoms with Gasteiger partial charge >= 0.3 is 0 Å². The first-order chi connectivity index (χ1) is 7.43. The summed E-state index contributed by atoms with van der Waals surface area (Å²) in [6.45, 7) is 2.98. The highest BCUT2D eigenvalue weighted by atomic mass is 28.2. The molecule has 6 heteroatoms. The van der Waals surface area contributed by atoms with Gasteiger partial charge in [0.15, 0.2) is 0 Å². The van der Waals surface area contributed by atoms with E-state index in [-0.39, 0.29) is 6.79 Å². The molecule has 1 aliphatic rings. The second kappa shape index (κ2) is 9.26. The molecule has 0 saturated carbocycles. The van der Waals surface area contributed by atoms with Crippen molar-refractivity contribution in [2.45, 2.75) is 18.6 Å². The van der Waals surface area contributed by atoms with E-state index in [1.807, 2.05) is 0 Å². The van der Waals surface area contributed by atoms with Crippen LogP contribution in [0.3, 0.4) is 0 Å². The maximum atomic E-state index is 5.38. The van der Waals surface area contributed by atoms with Gasteiger partial charge in [0, 0.05) is 13.7 Å². The van der Waals surface area contributed by atoms with Gasteiger partial charge in [-0.15, -0.1) is 0 Å². The van der Waals surface area contributed by atoms with Crippen molar-refractivity contribution in [1.29, 1.82) is 0 Å². The van der Waals surface area contributed by atoms with Crippen LogP contribution < -0.4 is 0 Å². The first-order valence-electron chi connectivity index (χ1n) is 5.04. The highest BCUT2D eigenvalue weighted by Crippen LogP contribution is 2.08. The summed E-state index contributed by atoms with van der Waals surface area (Å²) in [5.74, 6) is 0. The van der Waals surface area contributed by atoms with E-state index in [1.54, 1.807) is 7.11 Å². The van der Waals surface area contributed by atoms with Gasteiger partial charge in [-0.3, -0.25) is 0 Å². The third-order valence-corrected chi connectivity index (χ3v) is 2.60. The zero-order chi connectivity index (χ0) is 10.8. The van der Waals surface area contributed by atoms with Crippen LogP contribution in [-0.4, -0.2) is 56.4 Å². The minimum atomic E-state index is 0.287. The van der Waals surface area contributed by atoms with E-state index in [1.165, 1.54) is 0 Å². The topological polar surface area (TPSA) is 49.5 Å². The summed E-state index contributed by atoms with van der Waals surface area (Å²) in [5, 5.41) is 0. The minimum absolute atomic E-state index is 0.287. The van der Waals surface area contributed by atoms with Crippen LogP contribution in [0.15, 0.2) is 0 Å². The zero-order valence-corrected chi connectivity index (χ0v) is 10.1. The van der Waals surface area contributed by atoms with Gasteiger partial charge in [0.2, 0.25) is 9.76 Å². The number of methoxy groups -OCH3 is 1. The quantitative estimate of drug-likeness (QED) is 0.224. The van der Waals surface area contributed by atoms with Crippen molar-refractivity contribution in [3.05, 3.63) is 0 Å². The van der Waals surface area contributed by atoms with Gasteiger partial charge in [-0.25, -0.2) is 0 Å². The lowest BCUT2D eigenvalue weighted by molar-refractivity contribution is -0.0833. The molecule has 1 fully saturated rings. The molecule has 0 bridgehead atoms. The monoisotopic (exact) mass is 234 g/mol. The molecular weight excluding hydrogens is 216 g/mol. The van der Waals surface area contributed by atoms with Gasteiger partial charge < -0.3 is 23.4 Å². The van der Waals surface area contributed by atoms with Crippen LogP contribution in [0.5, 0.6) is 0 Å². The highest BCUT2D eigenvalue weighted by Gasteiger charge is 2.21. The first kappa shape index (κ1) is 13.1. The van der Waals surface area contributed by atoms with Gasteiger partial charge in [-0.2, -0.15) is 0 Å². The fourth-order valence-electron chi connectivity index (χ4n) is 0.898. The molecule has 0 spiro atoms. The molecule has 0 amide bonds. The fourth-order valence-corrected chi connectivity index (χ4v) is 1.50. The number of hydrogen-bond donors (Lipinski definition) is 0. The normalized spacial score (nSPS) is 19.4. The highest BCUT2D eigenvalue weighted by molar-refractivity contribution is 6.26. The lowest BCUT2D eigenvalue weighted by Gasteiger charge is -2.04. The Morgan fingerprint density at radius 2 is 2.20 bits per heavy atom. The van der Waals surface area contributed by atoms with Crippen molar-refractivity contribution in [3.8, 4) is 0 Å². The van der Waals surface area contributed by atoms with Crippen molar-refractivity contribution in [1.82, 2.24) is 0 Å². The molecule has 0 aliphatic carbocycles. The van der Waals surface area contributed by atoms with Crippen molar-refractivity contribution in [2.24, 2.45) is 0 Å². The summed E-state index contributed by atoms with van der Waals surface area (Å²) in [4.78, 5) is 0. The Hall–Kier alpha value is 0.0169. The van der Waals surface area contributed by atoms with E-state index in [0.717, 1.165) is 32.3 Å². The number of hydrogen-bond acceptors (Lipinski definition) is 5. The van der Waals surface area contributed by atoms with Crippen LogP contribution in [-0.2, 0) is 23.4 Å². The lowest BCUT2D eigenvalue weighted by Crippen LogP contribution is -2.07. The molecule has 1 aliphatic heterocycles. The maximum absolute atomic E-state index is 5.38. The maximum Gasteiger partial charge on any atom is 0.232 e. The SMILES string of the molecule is COCOCO[Si]CCCOCC1CO1. The first-order valence-corrected chi connectivity index (χ1v) is 6.15. The molecule has 0 aromatic heterocycles. The Morgan fingerprint density at radius 1 is 1.33 bits per heavy atom. The predicted octanol–water partition coefficient (Wildman–Crippen LogP) is 0.424. The van der Waals surface area contributed by atoms with E-state index >= 15 is 0 Å². The summed E-state index contributed by atoms with van der Waals surface area (Å²) >= 11 is 0. The summed E-state index contributed by atoms with van der Waals surface area (Å²) in [5.41, 5.74) is 0. The molecule has 1 saturated heterocycles. The Labute approximate surface area is 92.9 Å². The van der Waals surface area contributed by atoms with Crippen molar-refractivity contribution in [2.75, 3.05) is 40.5 Å². The summed E-state index contributed by atoms with van der Waals surface area (Å²) in [7, 11) is 2.06. The fraction of sp³-hybridized carbons (Fsp3) is 1.00. The van der Waals surface area contributed by atoms with Crippen LogP contribution in [0.1, 0.15) is 6.42 Å². The Balaban J connectivity index is 1.62. The molecule has 5 nitrogen and oxygen atoms in total. The second-order valence-electron chi connectivity index (χ2n) is 3.15. The third kappa shape index (κ3) is 8.98.